The Balaban J connectivity index is 1.54. The average Bonchev–Trinajstić information content (AvgIpc) is 2.92. The maximum Gasteiger partial charge on any atom is 0.170 e. The van der Waals surface area contributed by atoms with Crippen molar-refractivity contribution in [1.82, 2.24) is 0 Å². The number of hydrogen-bond donors (Lipinski definition) is 5. The molecule has 0 amide bonds. The average molecular weight is 549 g/mol. The Morgan fingerprint density at radius 2 is 1.40 bits per heavy atom. The number of rotatable bonds is 13. The minimum absolute atomic E-state index is 0.000155. The van der Waals surface area contributed by atoms with Gasteiger partial charge in [-0.3, -0.25) is 4.79 Å². The highest BCUT2D eigenvalue weighted by Crippen LogP contribution is 2.52. The number of phenolic OH excluding ortho intramolecular Hbond substituents is 5. The van der Waals surface area contributed by atoms with E-state index in [0.717, 1.165) is 30.9 Å². The second-order valence-corrected chi connectivity index (χ2v) is 10.8. The summed E-state index contributed by atoms with van der Waals surface area (Å²) in [6.45, 7) is 2.20. The third-order valence-electron chi connectivity index (χ3n) is 7.79. The fraction of sp³-hybridized carbons (Fsp3) is 0.424. The molecule has 2 unspecified atom stereocenters. The van der Waals surface area contributed by atoms with Crippen molar-refractivity contribution in [2.75, 3.05) is 0 Å². The van der Waals surface area contributed by atoms with E-state index in [0.29, 0.717) is 24.2 Å². The molecule has 0 fully saturated rings. The molecule has 1 aliphatic heterocycles. The van der Waals surface area contributed by atoms with Crippen LogP contribution in [0.3, 0.4) is 0 Å². The van der Waals surface area contributed by atoms with Gasteiger partial charge in [0.1, 0.15) is 46.2 Å². The summed E-state index contributed by atoms with van der Waals surface area (Å²) in [4.78, 5) is 13.2. The van der Waals surface area contributed by atoms with Gasteiger partial charge in [-0.1, -0.05) is 76.5 Å². The molecule has 0 aliphatic carbocycles. The highest BCUT2D eigenvalue weighted by molar-refractivity contribution is 6.02. The molecule has 1 aliphatic rings. The van der Waals surface area contributed by atoms with E-state index in [1.165, 1.54) is 44.2 Å². The first kappa shape index (κ1) is 29.1. The van der Waals surface area contributed by atoms with Gasteiger partial charge in [-0.05, 0) is 36.6 Å². The van der Waals surface area contributed by atoms with Crippen LogP contribution >= 0.6 is 0 Å². The standard InChI is InChI=1S/C33H40O7/c1-2-3-4-5-6-7-8-9-10-11-26(36)32-28(38)20-27(37)31(33(32)39)25-19-29(21-12-14-22(34)15-13-21)40-30-18-23(35)16-17-24(25)30/h12-18,20,25,29,34-35,37-39H,2-11,19H2,1H3. The highest BCUT2D eigenvalue weighted by Gasteiger charge is 2.36. The van der Waals surface area contributed by atoms with Crippen LogP contribution in [-0.2, 0) is 0 Å². The minimum Gasteiger partial charge on any atom is -0.508 e. The van der Waals surface area contributed by atoms with Gasteiger partial charge in [0, 0.05) is 35.6 Å². The summed E-state index contributed by atoms with van der Waals surface area (Å²) in [5.74, 6) is -1.69. The molecule has 0 aromatic heterocycles. The van der Waals surface area contributed by atoms with E-state index in [9.17, 15) is 30.3 Å². The predicted octanol–water partition coefficient (Wildman–Crippen LogP) is 7.97. The fourth-order valence-corrected chi connectivity index (χ4v) is 5.62. The normalized spacial score (nSPS) is 16.3. The minimum atomic E-state index is -0.594. The van der Waals surface area contributed by atoms with Crippen LogP contribution in [-0.4, -0.2) is 31.3 Å². The molecule has 0 saturated carbocycles. The topological polar surface area (TPSA) is 127 Å². The number of hydrogen-bond acceptors (Lipinski definition) is 7. The lowest BCUT2D eigenvalue weighted by Crippen LogP contribution is -2.20. The van der Waals surface area contributed by atoms with Crippen LogP contribution in [0.2, 0.25) is 0 Å². The van der Waals surface area contributed by atoms with Gasteiger partial charge in [0.15, 0.2) is 5.78 Å². The first-order chi connectivity index (χ1) is 19.3. The zero-order valence-electron chi connectivity index (χ0n) is 23.1. The molecule has 0 bridgehead atoms. The Bertz CT molecular complexity index is 1300. The van der Waals surface area contributed by atoms with Crippen molar-refractivity contribution in [3.05, 3.63) is 70.8 Å². The molecule has 7 heteroatoms. The van der Waals surface area contributed by atoms with Gasteiger partial charge in [0.05, 0.1) is 0 Å². The van der Waals surface area contributed by atoms with Crippen LogP contribution in [0.15, 0.2) is 48.5 Å². The first-order valence-corrected chi connectivity index (χ1v) is 14.4. The quantitative estimate of drug-likeness (QED) is 0.108. The number of phenols is 5. The summed E-state index contributed by atoms with van der Waals surface area (Å²) in [6.07, 6.45) is 9.93. The van der Waals surface area contributed by atoms with Gasteiger partial charge >= 0.3 is 0 Å². The largest absolute Gasteiger partial charge is 0.508 e. The van der Waals surface area contributed by atoms with E-state index in [1.54, 1.807) is 30.3 Å². The van der Waals surface area contributed by atoms with Crippen LogP contribution in [0.1, 0.15) is 117 Å². The van der Waals surface area contributed by atoms with Crippen molar-refractivity contribution >= 4 is 5.78 Å². The number of ether oxygens (including phenoxy) is 1. The van der Waals surface area contributed by atoms with E-state index in [1.807, 2.05) is 0 Å². The van der Waals surface area contributed by atoms with Crippen molar-refractivity contribution < 1.29 is 35.1 Å². The van der Waals surface area contributed by atoms with Crippen molar-refractivity contribution in [2.45, 2.75) is 89.6 Å². The van der Waals surface area contributed by atoms with Crippen LogP contribution in [0.5, 0.6) is 34.5 Å². The summed E-state index contributed by atoms with van der Waals surface area (Å²) >= 11 is 0. The highest BCUT2D eigenvalue weighted by atomic mass is 16.5. The third kappa shape index (κ3) is 6.82. The molecule has 3 aromatic carbocycles. The lowest BCUT2D eigenvalue weighted by atomic mass is 9.80. The Hall–Kier alpha value is -3.87. The second-order valence-electron chi connectivity index (χ2n) is 10.8. The van der Waals surface area contributed by atoms with Gasteiger partial charge in [0.2, 0.25) is 0 Å². The predicted molar refractivity (Wildman–Crippen MR) is 154 cm³/mol. The fourth-order valence-electron chi connectivity index (χ4n) is 5.62. The number of carbonyl (C=O) groups is 1. The number of Topliss-reactive ketones (excluding diaryl/α,β-unsaturated/α-hetero) is 1. The Labute approximate surface area is 235 Å². The summed E-state index contributed by atoms with van der Waals surface area (Å²) in [5.41, 5.74) is 1.34. The molecule has 4 rings (SSSR count). The van der Waals surface area contributed by atoms with Crippen molar-refractivity contribution in [3.63, 3.8) is 0 Å². The van der Waals surface area contributed by atoms with Crippen LogP contribution in [0.4, 0.5) is 0 Å². The molecule has 40 heavy (non-hydrogen) atoms. The SMILES string of the molecule is CCCCCCCCCCCC(=O)c1c(O)cc(O)c(C2CC(c3ccc(O)cc3)Oc3cc(O)ccc32)c1O. The molecule has 5 N–H and O–H groups in total. The Morgan fingerprint density at radius 3 is 2.08 bits per heavy atom. The summed E-state index contributed by atoms with van der Waals surface area (Å²) in [6, 6.07) is 12.3. The summed E-state index contributed by atoms with van der Waals surface area (Å²) in [5, 5.41) is 52.6. The monoisotopic (exact) mass is 548 g/mol. The van der Waals surface area contributed by atoms with Gasteiger partial charge in [0.25, 0.3) is 0 Å². The van der Waals surface area contributed by atoms with E-state index in [-0.39, 0.29) is 40.6 Å². The Kier molecular flexibility index (Phi) is 9.80. The van der Waals surface area contributed by atoms with Crippen LogP contribution in [0.25, 0.3) is 0 Å². The first-order valence-electron chi connectivity index (χ1n) is 14.4. The van der Waals surface area contributed by atoms with E-state index in [2.05, 4.69) is 6.92 Å². The van der Waals surface area contributed by atoms with E-state index < -0.39 is 23.5 Å². The summed E-state index contributed by atoms with van der Waals surface area (Å²) < 4.78 is 6.16. The molecule has 2 atom stereocenters. The van der Waals surface area contributed by atoms with Gasteiger partial charge < -0.3 is 30.3 Å². The lowest BCUT2D eigenvalue weighted by Gasteiger charge is -2.33. The van der Waals surface area contributed by atoms with Crippen molar-refractivity contribution in [2.24, 2.45) is 0 Å². The van der Waals surface area contributed by atoms with Crippen molar-refractivity contribution in [3.8, 4) is 34.5 Å². The molecule has 214 valence electrons. The zero-order chi connectivity index (χ0) is 28.6. The van der Waals surface area contributed by atoms with E-state index >= 15 is 0 Å². The number of carbonyl (C=O) groups excluding carboxylic acids is 1. The number of unbranched alkanes of at least 4 members (excludes halogenated alkanes) is 8. The van der Waals surface area contributed by atoms with Crippen LogP contribution < -0.4 is 4.74 Å². The lowest BCUT2D eigenvalue weighted by molar-refractivity contribution is 0.0973. The molecular formula is C33H40O7. The van der Waals surface area contributed by atoms with E-state index in [4.69, 9.17) is 4.74 Å². The molecular weight excluding hydrogens is 508 g/mol. The van der Waals surface area contributed by atoms with Gasteiger partial charge in [-0.25, -0.2) is 0 Å². The smallest absolute Gasteiger partial charge is 0.170 e. The number of benzene rings is 3. The molecule has 3 aromatic rings. The molecule has 0 spiro atoms. The second kappa shape index (κ2) is 13.5. The third-order valence-corrected chi connectivity index (χ3v) is 7.79. The van der Waals surface area contributed by atoms with Gasteiger partial charge in [-0.2, -0.15) is 0 Å². The molecule has 1 heterocycles. The molecule has 0 saturated heterocycles. The van der Waals surface area contributed by atoms with Crippen molar-refractivity contribution in [1.29, 1.82) is 0 Å². The number of ketones is 1. The Morgan fingerprint density at radius 1 is 0.775 bits per heavy atom. The van der Waals surface area contributed by atoms with Gasteiger partial charge in [-0.15, -0.1) is 0 Å². The number of fused-ring (bicyclic) bond motifs is 1. The number of aromatic hydroxyl groups is 5. The summed E-state index contributed by atoms with van der Waals surface area (Å²) in [7, 11) is 0. The maximum atomic E-state index is 13.2. The maximum absolute atomic E-state index is 13.2. The zero-order valence-corrected chi connectivity index (χ0v) is 23.1. The molecule has 7 nitrogen and oxygen atoms in total. The molecule has 0 radical (unpaired) electrons. The van der Waals surface area contributed by atoms with Crippen LogP contribution in [0, 0.1) is 0 Å².